The van der Waals surface area contributed by atoms with Gasteiger partial charge in [-0.3, -0.25) is 4.79 Å². The molecule has 0 aromatic heterocycles. The van der Waals surface area contributed by atoms with E-state index in [4.69, 9.17) is 21.1 Å². The third-order valence-corrected chi connectivity index (χ3v) is 4.49. The SMILES string of the molecule is COc1ccc(C(C)=O)cc1COC(=O)c1cc(SC)ccc1Cl. The third-order valence-electron chi connectivity index (χ3n) is 3.44. The lowest BCUT2D eigenvalue weighted by Crippen LogP contribution is -2.07. The minimum Gasteiger partial charge on any atom is -0.496 e. The van der Waals surface area contributed by atoms with E-state index >= 15 is 0 Å². The minimum atomic E-state index is -0.522. The van der Waals surface area contributed by atoms with Gasteiger partial charge in [0.15, 0.2) is 5.78 Å². The van der Waals surface area contributed by atoms with E-state index in [9.17, 15) is 9.59 Å². The topological polar surface area (TPSA) is 52.6 Å². The van der Waals surface area contributed by atoms with Gasteiger partial charge in [-0.25, -0.2) is 4.79 Å². The van der Waals surface area contributed by atoms with Crippen LogP contribution in [0.5, 0.6) is 5.75 Å². The standard InChI is InChI=1S/C18H17ClO4S/c1-11(20)12-4-7-17(22-2)13(8-12)10-23-18(21)15-9-14(24-3)5-6-16(15)19/h4-9H,10H2,1-3H3. The lowest BCUT2D eigenvalue weighted by atomic mass is 10.1. The molecule has 0 fully saturated rings. The zero-order valence-corrected chi connectivity index (χ0v) is 15.2. The van der Waals surface area contributed by atoms with E-state index in [1.807, 2.05) is 12.3 Å². The normalized spacial score (nSPS) is 10.3. The number of ketones is 1. The van der Waals surface area contributed by atoms with Crippen LogP contribution in [0, 0.1) is 0 Å². The van der Waals surface area contributed by atoms with Crippen LogP contribution in [0.4, 0.5) is 0 Å². The molecule has 24 heavy (non-hydrogen) atoms. The molecule has 0 bridgehead atoms. The van der Waals surface area contributed by atoms with Crippen LogP contribution in [0.15, 0.2) is 41.3 Å². The highest BCUT2D eigenvalue weighted by Gasteiger charge is 2.15. The first kappa shape index (κ1) is 18.4. The fourth-order valence-corrected chi connectivity index (χ4v) is 2.75. The molecule has 0 spiro atoms. The molecule has 2 rings (SSSR count). The largest absolute Gasteiger partial charge is 0.496 e. The van der Waals surface area contributed by atoms with Crippen molar-refractivity contribution >= 4 is 35.1 Å². The van der Waals surface area contributed by atoms with Crippen LogP contribution in [-0.2, 0) is 11.3 Å². The predicted octanol–water partition coefficient (Wildman–Crippen LogP) is 4.63. The van der Waals surface area contributed by atoms with E-state index in [-0.39, 0.29) is 12.4 Å². The molecule has 0 saturated heterocycles. The molecule has 0 unspecified atom stereocenters. The molecule has 0 aliphatic heterocycles. The van der Waals surface area contributed by atoms with Gasteiger partial charge >= 0.3 is 5.97 Å². The second kappa shape index (κ2) is 8.22. The summed E-state index contributed by atoms with van der Waals surface area (Å²) in [7, 11) is 1.52. The smallest absolute Gasteiger partial charge is 0.340 e. The maximum atomic E-state index is 12.3. The van der Waals surface area contributed by atoms with Crippen LogP contribution in [0.1, 0.15) is 33.2 Å². The second-order valence-electron chi connectivity index (χ2n) is 5.00. The van der Waals surface area contributed by atoms with Crippen molar-refractivity contribution < 1.29 is 19.1 Å². The first-order chi connectivity index (χ1) is 11.5. The van der Waals surface area contributed by atoms with E-state index in [0.717, 1.165) is 4.90 Å². The van der Waals surface area contributed by atoms with Crippen LogP contribution >= 0.6 is 23.4 Å². The van der Waals surface area contributed by atoms with Crippen LogP contribution in [0.2, 0.25) is 5.02 Å². The fourth-order valence-electron chi connectivity index (χ4n) is 2.12. The molecule has 2 aromatic carbocycles. The zero-order chi connectivity index (χ0) is 17.7. The molecule has 0 atom stereocenters. The average Bonchev–Trinajstić information content (AvgIpc) is 2.59. The molecule has 126 valence electrons. The highest BCUT2D eigenvalue weighted by Crippen LogP contribution is 2.25. The first-order valence-corrected chi connectivity index (χ1v) is 8.75. The lowest BCUT2D eigenvalue weighted by Gasteiger charge is -2.11. The van der Waals surface area contributed by atoms with Gasteiger partial charge in [0.25, 0.3) is 0 Å². The number of benzene rings is 2. The van der Waals surface area contributed by atoms with Gasteiger partial charge in [0.2, 0.25) is 0 Å². The fraction of sp³-hybridized carbons (Fsp3) is 0.222. The van der Waals surface area contributed by atoms with Crippen molar-refractivity contribution in [2.24, 2.45) is 0 Å². The van der Waals surface area contributed by atoms with Crippen molar-refractivity contribution in [2.75, 3.05) is 13.4 Å². The summed E-state index contributed by atoms with van der Waals surface area (Å²) in [4.78, 5) is 24.7. The molecule has 0 saturated carbocycles. The van der Waals surface area contributed by atoms with Gasteiger partial charge in [-0.05, 0) is 49.6 Å². The Hall–Kier alpha value is -1.98. The van der Waals surface area contributed by atoms with E-state index < -0.39 is 5.97 Å². The summed E-state index contributed by atoms with van der Waals surface area (Å²) in [6, 6.07) is 10.2. The number of rotatable bonds is 6. The number of ether oxygens (including phenoxy) is 2. The maximum absolute atomic E-state index is 12.3. The van der Waals surface area contributed by atoms with E-state index in [0.29, 0.717) is 27.5 Å². The Morgan fingerprint density at radius 1 is 1.17 bits per heavy atom. The number of carbonyl (C=O) groups is 2. The molecule has 6 heteroatoms. The monoisotopic (exact) mass is 364 g/mol. The Morgan fingerprint density at radius 2 is 1.92 bits per heavy atom. The summed E-state index contributed by atoms with van der Waals surface area (Å²) < 4.78 is 10.6. The number of thioether (sulfide) groups is 1. The molecular formula is C18H17ClO4S. The minimum absolute atomic E-state index is 0.0110. The van der Waals surface area contributed by atoms with Crippen LogP contribution < -0.4 is 4.74 Å². The molecule has 0 aliphatic rings. The Labute approximate surface area is 150 Å². The number of hydrogen-bond donors (Lipinski definition) is 0. The van der Waals surface area contributed by atoms with Gasteiger partial charge in [-0.1, -0.05) is 11.6 Å². The molecule has 4 nitrogen and oxygen atoms in total. The van der Waals surface area contributed by atoms with Gasteiger partial charge in [-0.15, -0.1) is 11.8 Å². The summed E-state index contributed by atoms with van der Waals surface area (Å²) in [5, 5.41) is 0.335. The number of Topliss-reactive ketones (excluding diaryl/α,β-unsaturated/α-hetero) is 1. The molecule has 0 aliphatic carbocycles. The molecule has 0 heterocycles. The Bertz CT molecular complexity index is 774. The van der Waals surface area contributed by atoms with Crippen molar-refractivity contribution in [3.05, 3.63) is 58.1 Å². The number of hydrogen-bond acceptors (Lipinski definition) is 5. The molecular weight excluding hydrogens is 348 g/mol. The van der Waals surface area contributed by atoms with Crippen LogP contribution in [-0.4, -0.2) is 25.1 Å². The highest BCUT2D eigenvalue weighted by atomic mass is 35.5. The lowest BCUT2D eigenvalue weighted by molar-refractivity contribution is 0.0470. The quantitative estimate of drug-likeness (QED) is 0.425. The van der Waals surface area contributed by atoms with Gasteiger partial charge in [0, 0.05) is 16.0 Å². The Morgan fingerprint density at radius 3 is 2.54 bits per heavy atom. The number of carbonyl (C=O) groups excluding carboxylic acids is 2. The molecule has 0 radical (unpaired) electrons. The summed E-state index contributed by atoms with van der Waals surface area (Å²) in [6.07, 6.45) is 1.91. The number of halogens is 1. The molecule has 0 amide bonds. The summed E-state index contributed by atoms with van der Waals surface area (Å²) >= 11 is 7.59. The van der Waals surface area contributed by atoms with Crippen molar-refractivity contribution in [1.82, 2.24) is 0 Å². The van der Waals surface area contributed by atoms with Crippen LogP contribution in [0.3, 0.4) is 0 Å². The van der Waals surface area contributed by atoms with Crippen molar-refractivity contribution in [3.8, 4) is 5.75 Å². The summed E-state index contributed by atoms with van der Waals surface area (Å²) in [6.45, 7) is 1.47. The van der Waals surface area contributed by atoms with E-state index in [1.165, 1.54) is 25.8 Å². The number of esters is 1. The van der Waals surface area contributed by atoms with Crippen molar-refractivity contribution in [3.63, 3.8) is 0 Å². The average molecular weight is 365 g/mol. The van der Waals surface area contributed by atoms with Crippen LogP contribution in [0.25, 0.3) is 0 Å². The van der Waals surface area contributed by atoms with Crippen molar-refractivity contribution in [1.29, 1.82) is 0 Å². The zero-order valence-electron chi connectivity index (χ0n) is 13.6. The van der Waals surface area contributed by atoms with E-state index in [2.05, 4.69) is 0 Å². The molecule has 2 aromatic rings. The third kappa shape index (κ3) is 4.30. The second-order valence-corrected chi connectivity index (χ2v) is 6.29. The van der Waals surface area contributed by atoms with Gasteiger partial charge in [0.1, 0.15) is 12.4 Å². The van der Waals surface area contributed by atoms with Gasteiger partial charge in [0.05, 0.1) is 17.7 Å². The van der Waals surface area contributed by atoms with Crippen molar-refractivity contribution in [2.45, 2.75) is 18.4 Å². The van der Waals surface area contributed by atoms with Gasteiger partial charge < -0.3 is 9.47 Å². The summed E-state index contributed by atoms with van der Waals surface area (Å²) in [5.41, 5.74) is 1.46. The molecule has 0 N–H and O–H groups in total. The number of methoxy groups -OCH3 is 1. The highest BCUT2D eigenvalue weighted by molar-refractivity contribution is 7.98. The summed E-state index contributed by atoms with van der Waals surface area (Å²) in [5.74, 6) is -0.0381. The van der Waals surface area contributed by atoms with E-state index in [1.54, 1.807) is 30.3 Å². The predicted molar refractivity (Wildman–Crippen MR) is 95.4 cm³/mol. The van der Waals surface area contributed by atoms with Gasteiger partial charge in [-0.2, -0.15) is 0 Å². The first-order valence-electron chi connectivity index (χ1n) is 7.14. The Balaban J connectivity index is 2.20. The Kier molecular flexibility index (Phi) is 6.29. The maximum Gasteiger partial charge on any atom is 0.340 e.